The third-order valence-electron chi connectivity index (χ3n) is 8.48. The number of primary amides is 1. The standard InChI is InChI=1S/C30H27FN4O7S/c1-35(2)22-16-10-14-9-13-5-8-17(33-29-34-18(11-43-29)12-3-6-15(31)7-4-12)23(36)19(13)24(37)20(14)26(39)30(16,42)27(40)21(25(22)38)28(32)41/h3-8,11,14,16,22,36-37,40,42H,9-10H2,1-2H3,(H2,32,41)(H,33,34). The molecule has 13 heteroatoms. The van der Waals surface area contributed by atoms with Crippen LogP contribution in [0.25, 0.3) is 17.0 Å². The first-order chi connectivity index (χ1) is 20.3. The van der Waals surface area contributed by atoms with Crippen LogP contribution in [-0.4, -0.2) is 73.5 Å². The van der Waals surface area contributed by atoms with Crippen LogP contribution >= 0.6 is 11.3 Å². The Morgan fingerprint density at radius 2 is 1.84 bits per heavy atom. The number of thiazole rings is 1. The van der Waals surface area contributed by atoms with E-state index in [9.17, 15) is 39.2 Å². The number of aromatic hydroxyl groups is 1. The van der Waals surface area contributed by atoms with Gasteiger partial charge in [0, 0.05) is 22.4 Å². The van der Waals surface area contributed by atoms with E-state index >= 15 is 0 Å². The van der Waals surface area contributed by atoms with Crippen molar-refractivity contribution in [2.75, 3.05) is 19.4 Å². The summed E-state index contributed by atoms with van der Waals surface area (Å²) in [5, 5.41) is 50.5. The molecule has 3 aliphatic rings. The third kappa shape index (κ3) is 4.22. The van der Waals surface area contributed by atoms with Gasteiger partial charge in [0.15, 0.2) is 16.5 Å². The van der Waals surface area contributed by atoms with Crippen LogP contribution in [0.3, 0.4) is 0 Å². The average Bonchev–Trinajstić information content (AvgIpc) is 3.41. The van der Waals surface area contributed by atoms with Crippen molar-refractivity contribution in [3.8, 4) is 17.0 Å². The molecule has 0 bridgehead atoms. The number of hydrogen-bond acceptors (Lipinski definition) is 11. The lowest BCUT2D eigenvalue weighted by molar-refractivity contribution is -0.153. The minimum absolute atomic E-state index is 0.0117. The van der Waals surface area contributed by atoms with E-state index in [0.29, 0.717) is 22.0 Å². The molecular weight excluding hydrogens is 579 g/mol. The predicted molar refractivity (Wildman–Crippen MR) is 155 cm³/mol. The lowest BCUT2D eigenvalue weighted by atomic mass is 9.57. The summed E-state index contributed by atoms with van der Waals surface area (Å²) in [7, 11) is 3.09. The summed E-state index contributed by atoms with van der Waals surface area (Å²) in [6.07, 6.45) is 0.201. The van der Waals surface area contributed by atoms with Gasteiger partial charge in [0.05, 0.1) is 23.0 Å². The number of nitrogens with two attached hydrogens (primary N) is 1. The fourth-order valence-corrected chi connectivity index (χ4v) is 7.25. The van der Waals surface area contributed by atoms with Crippen LogP contribution in [0.2, 0.25) is 0 Å². The Morgan fingerprint density at radius 1 is 1.14 bits per heavy atom. The molecule has 1 saturated carbocycles. The van der Waals surface area contributed by atoms with E-state index in [1.54, 1.807) is 43.7 Å². The van der Waals surface area contributed by atoms with Gasteiger partial charge in [-0.2, -0.15) is 0 Å². The van der Waals surface area contributed by atoms with Crippen molar-refractivity contribution < 1.29 is 39.2 Å². The number of likely N-dealkylation sites (N-methyl/N-ethyl adjacent to an activating group) is 1. The van der Waals surface area contributed by atoms with Crippen molar-refractivity contribution in [1.82, 2.24) is 9.88 Å². The summed E-state index contributed by atoms with van der Waals surface area (Å²) >= 11 is 1.24. The number of nitrogens with zero attached hydrogens (tertiary/aromatic N) is 2. The van der Waals surface area contributed by atoms with Crippen LogP contribution in [-0.2, 0) is 20.8 Å². The Hall–Kier alpha value is -4.59. The monoisotopic (exact) mass is 606 g/mol. The van der Waals surface area contributed by atoms with Crippen molar-refractivity contribution in [3.63, 3.8) is 0 Å². The minimum Gasteiger partial charge on any atom is -0.508 e. The molecule has 0 spiro atoms. The molecule has 3 aromatic rings. The first-order valence-corrected chi connectivity index (χ1v) is 14.2. The largest absolute Gasteiger partial charge is 0.508 e. The van der Waals surface area contributed by atoms with E-state index in [1.165, 1.54) is 28.4 Å². The van der Waals surface area contributed by atoms with Crippen molar-refractivity contribution >= 4 is 45.4 Å². The summed E-state index contributed by atoms with van der Waals surface area (Å²) in [5.41, 5.74) is 3.52. The Labute approximate surface area is 248 Å². The zero-order valence-corrected chi connectivity index (χ0v) is 23.8. The van der Waals surface area contributed by atoms with Gasteiger partial charge in [-0.15, -0.1) is 11.3 Å². The van der Waals surface area contributed by atoms with Gasteiger partial charge in [-0.25, -0.2) is 9.37 Å². The molecule has 1 heterocycles. The van der Waals surface area contributed by atoms with Gasteiger partial charge >= 0.3 is 0 Å². The van der Waals surface area contributed by atoms with Crippen molar-refractivity contribution in [2.45, 2.75) is 24.5 Å². The van der Waals surface area contributed by atoms with E-state index in [4.69, 9.17) is 5.73 Å². The number of carbonyl (C=O) groups is 3. The van der Waals surface area contributed by atoms with Crippen LogP contribution in [0.4, 0.5) is 15.2 Å². The molecule has 4 atom stereocenters. The number of aliphatic hydroxyl groups is 3. The molecule has 0 radical (unpaired) electrons. The van der Waals surface area contributed by atoms with Gasteiger partial charge < -0.3 is 31.5 Å². The molecule has 0 saturated heterocycles. The fourth-order valence-electron chi connectivity index (χ4n) is 6.52. The van der Waals surface area contributed by atoms with E-state index in [-0.39, 0.29) is 41.2 Å². The first kappa shape index (κ1) is 28.5. The zero-order chi connectivity index (χ0) is 31.0. The maximum atomic E-state index is 14.0. The lowest BCUT2D eigenvalue weighted by Crippen LogP contribution is -2.65. The highest BCUT2D eigenvalue weighted by Gasteiger charge is 2.64. The molecule has 1 fully saturated rings. The van der Waals surface area contributed by atoms with Crippen LogP contribution < -0.4 is 11.1 Å². The normalized spacial score (nSPS) is 25.0. The number of hydrogen-bond donors (Lipinski definition) is 6. The number of aromatic nitrogens is 1. The van der Waals surface area contributed by atoms with E-state index in [2.05, 4.69) is 10.3 Å². The molecule has 6 rings (SSSR count). The molecule has 7 N–H and O–H groups in total. The third-order valence-corrected chi connectivity index (χ3v) is 9.24. The van der Waals surface area contributed by atoms with Crippen LogP contribution in [0.5, 0.6) is 5.75 Å². The fraction of sp³-hybridized carbons (Fsp3) is 0.267. The Morgan fingerprint density at radius 3 is 2.49 bits per heavy atom. The Bertz CT molecular complexity index is 1780. The summed E-state index contributed by atoms with van der Waals surface area (Å²) < 4.78 is 13.3. The number of rotatable bonds is 5. The van der Waals surface area contributed by atoms with Crippen molar-refractivity contribution in [1.29, 1.82) is 0 Å². The minimum atomic E-state index is -2.70. The maximum absolute atomic E-state index is 14.0. The summed E-state index contributed by atoms with van der Waals surface area (Å²) in [6.45, 7) is 0. The predicted octanol–water partition coefficient (Wildman–Crippen LogP) is 2.97. The van der Waals surface area contributed by atoms with Gasteiger partial charge in [0.2, 0.25) is 5.78 Å². The number of ketones is 2. The van der Waals surface area contributed by atoms with Gasteiger partial charge in [-0.3, -0.25) is 19.3 Å². The first-order valence-electron chi connectivity index (χ1n) is 13.3. The van der Waals surface area contributed by atoms with Gasteiger partial charge in [-0.1, -0.05) is 6.07 Å². The second-order valence-corrected chi connectivity index (χ2v) is 12.0. The highest BCUT2D eigenvalue weighted by molar-refractivity contribution is 7.14. The summed E-state index contributed by atoms with van der Waals surface area (Å²) in [6, 6.07) is 7.97. The molecule has 0 aliphatic heterocycles. The number of anilines is 2. The second-order valence-electron chi connectivity index (χ2n) is 11.1. The molecule has 1 aromatic heterocycles. The second kappa shape index (κ2) is 10.0. The number of phenolic OH excluding ortho intramolecular Hbond substituents is 1. The molecule has 2 aromatic carbocycles. The molecule has 43 heavy (non-hydrogen) atoms. The Kier molecular flexibility index (Phi) is 6.64. The Balaban J connectivity index is 1.40. The van der Waals surface area contributed by atoms with Gasteiger partial charge in [0.1, 0.15) is 28.7 Å². The number of benzene rings is 2. The number of phenols is 1. The number of Topliss-reactive ketones (excluding diaryl/α,β-unsaturated/α-hetero) is 2. The van der Waals surface area contributed by atoms with Gasteiger partial charge in [-0.05, 0) is 68.8 Å². The number of nitrogens with one attached hydrogen (secondary N) is 1. The lowest BCUT2D eigenvalue weighted by Gasteiger charge is -2.50. The van der Waals surface area contributed by atoms with E-state index in [0.717, 1.165) is 0 Å². The van der Waals surface area contributed by atoms with Crippen LogP contribution in [0.1, 0.15) is 17.5 Å². The molecule has 11 nitrogen and oxygen atoms in total. The van der Waals surface area contributed by atoms with Gasteiger partial charge in [0.25, 0.3) is 5.91 Å². The van der Waals surface area contributed by atoms with Crippen molar-refractivity contribution in [3.05, 3.63) is 75.6 Å². The summed E-state index contributed by atoms with van der Waals surface area (Å²) in [5.74, 6) is -7.42. The number of aliphatic hydroxyl groups excluding tert-OH is 2. The highest BCUT2D eigenvalue weighted by Crippen LogP contribution is 2.53. The van der Waals surface area contributed by atoms with E-state index in [1.807, 2.05) is 0 Å². The topological polar surface area (TPSA) is 186 Å². The smallest absolute Gasteiger partial charge is 0.255 e. The molecule has 222 valence electrons. The maximum Gasteiger partial charge on any atom is 0.255 e. The average molecular weight is 607 g/mol. The van der Waals surface area contributed by atoms with Crippen molar-refractivity contribution in [2.24, 2.45) is 17.6 Å². The number of halogens is 1. The summed E-state index contributed by atoms with van der Waals surface area (Å²) in [4.78, 5) is 45.2. The SMILES string of the molecule is CN(C)C1C(=O)C(C(N)=O)=C(O)C2(O)C(=O)C3=C(O)c4c(ccc(Nc5nc(-c6ccc(F)cc6)cs5)c4O)CC3CC12. The van der Waals surface area contributed by atoms with Crippen LogP contribution in [0.15, 0.2) is 58.7 Å². The number of amides is 1. The molecule has 4 unspecified atom stereocenters. The molecule has 1 amide bonds. The highest BCUT2D eigenvalue weighted by atomic mass is 32.1. The number of fused-ring (bicyclic) bond motifs is 3. The molecule has 3 aliphatic carbocycles. The quantitative estimate of drug-likeness (QED) is 0.186. The zero-order valence-electron chi connectivity index (χ0n) is 23.0. The van der Waals surface area contributed by atoms with Crippen LogP contribution in [0, 0.1) is 17.7 Å². The number of carbonyl (C=O) groups excluding carboxylic acids is 3. The molecular formula is C30H27FN4O7S. The van der Waals surface area contributed by atoms with E-state index < -0.39 is 58.0 Å².